The van der Waals surface area contributed by atoms with Crippen LogP contribution in [0.25, 0.3) is 43.6 Å². The number of ether oxygens (including phenoxy) is 2. The molecule has 0 aliphatic carbocycles. The third-order valence-electron chi connectivity index (χ3n) is 4.81. The Bertz CT molecular complexity index is 1330. The van der Waals surface area contributed by atoms with Crippen LogP contribution < -0.4 is 9.47 Å². The van der Waals surface area contributed by atoms with Crippen LogP contribution in [0.4, 0.5) is 0 Å². The molecule has 0 aliphatic heterocycles. The van der Waals surface area contributed by atoms with Gasteiger partial charge in [-0.15, -0.1) is 0 Å². The minimum Gasteiger partial charge on any atom is -0.424 e. The summed E-state index contributed by atoms with van der Waals surface area (Å²) in [7, 11) is 0. The Hall–Kier alpha value is -3.80. The summed E-state index contributed by atoms with van der Waals surface area (Å²) in [6.07, 6.45) is 0. The van der Waals surface area contributed by atoms with Gasteiger partial charge in [-0.05, 0) is 12.1 Å². The predicted octanol–water partition coefficient (Wildman–Crippen LogP) is 5.30. The fraction of sp³-hybridized carbons (Fsp3) is 0.0909. The molecule has 0 spiro atoms. The maximum absolute atomic E-state index is 11.9. The summed E-state index contributed by atoms with van der Waals surface area (Å²) < 4.78 is 11.3. The number of aromatic amines is 2. The Morgan fingerprint density at radius 3 is 1.50 bits per heavy atom. The lowest BCUT2D eigenvalue weighted by Crippen LogP contribution is -2.05. The molecule has 0 amide bonds. The topological polar surface area (TPSA) is 84.2 Å². The molecule has 28 heavy (non-hydrogen) atoms. The van der Waals surface area contributed by atoms with Gasteiger partial charge in [0.2, 0.25) is 0 Å². The molecule has 0 atom stereocenters. The highest BCUT2D eigenvalue weighted by Crippen LogP contribution is 2.48. The molecule has 0 saturated heterocycles. The van der Waals surface area contributed by atoms with Gasteiger partial charge in [-0.1, -0.05) is 36.4 Å². The van der Waals surface area contributed by atoms with Crippen LogP contribution in [0, 0.1) is 0 Å². The standard InChI is InChI=1S/C22H16N2O4.2H2/c1-11(25)27-21-17-13-7-3-5-9-15(13)24-20(17)22(28-12(2)26)18-14-8-4-6-10-16(14)23-19(18)21;;/h3-10,23-24H,1-2H3;2*1H. The SMILES string of the molecule is CC(=O)Oc1c2[nH]c3ccccc3c2c(OC(C)=O)c2[nH]c3ccccc3c12.[HH].[HH]. The highest BCUT2D eigenvalue weighted by molar-refractivity contribution is 6.25. The number of carbonyl (C=O) groups is 2. The smallest absolute Gasteiger partial charge is 0.308 e. The summed E-state index contributed by atoms with van der Waals surface area (Å²) in [4.78, 5) is 30.5. The number of hydrogen-bond donors (Lipinski definition) is 2. The van der Waals surface area contributed by atoms with Crippen molar-refractivity contribution in [3.8, 4) is 11.5 Å². The van der Waals surface area contributed by atoms with Gasteiger partial charge < -0.3 is 19.4 Å². The number of nitrogens with one attached hydrogen (secondary N) is 2. The maximum Gasteiger partial charge on any atom is 0.308 e. The van der Waals surface area contributed by atoms with Crippen LogP contribution >= 0.6 is 0 Å². The van der Waals surface area contributed by atoms with Crippen molar-refractivity contribution < 1.29 is 21.9 Å². The molecule has 0 unspecified atom stereocenters. The molecular weight excluding hydrogens is 356 g/mol. The van der Waals surface area contributed by atoms with Crippen LogP contribution in [0.15, 0.2) is 48.5 Å². The molecule has 142 valence electrons. The van der Waals surface area contributed by atoms with Crippen molar-refractivity contribution in [3.63, 3.8) is 0 Å². The second kappa shape index (κ2) is 5.85. The van der Waals surface area contributed by atoms with E-state index in [1.54, 1.807) is 0 Å². The highest BCUT2D eigenvalue weighted by Gasteiger charge is 2.25. The van der Waals surface area contributed by atoms with Gasteiger partial charge in [-0.3, -0.25) is 9.59 Å². The molecule has 5 rings (SSSR count). The number of aromatic nitrogens is 2. The lowest BCUT2D eigenvalue weighted by atomic mass is 10.1. The first kappa shape index (κ1) is 16.4. The zero-order valence-electron chi connectivity index (χ0n) is 15.3. The number of fused-ring (bicyclic) bond motifs is 6. The van der Waals surface area contributed by atoms with Crippen molar-refractivity contribution >= 4 is 55.6 Å². The monoisotopic (exact) mass is 376 g/mol. The Labute approximate surface area is 162 Å². The van der Waals surface area contributed by atoms with E-state index >= 15 is 0 Å². The second-order valence-corrected chi connectivity index (χ2v) is 6.69. The quantitative estimate of drug-likeness (QED) is 0.323. The first-order valence-electron chi connectivity index (χ1n) is 8.88. The van der Waals surface area contributed by atoms with Gasteiger partial charge in [-0.2, -0.15) is 0 Å². The number of benzene rings is 3. The molecule has 0 saturated carbocycles. The van der Waals surface area contributed by atoms with Gasteiger partial charge in [-0.25, -0.2) is 0 Å². The molecule has 0 radical (unpaired) electrons. The molecule has 2 aromatic heterocycles. The Balaban J connectivity index is 0.00000128. The molecular formula is C22H20N2O4. The number of hydrogen-bond acceptors (Lipinski definition) is 4. The lowest BCUT2D eigenvalue weighted by molar-refractivity contribution is -0.132. The van der Waals surface area contributed by atoms with E-state index < -0.39 is 11.9 Å². The van der Waals surface area contributed by atoms with E-state index in [0.717, 1.165) is 21.8 Å². The van der Waals surface area contributed by atoms with Gasteiger partial charge >= 0.3 is 11.9 Å². The third kappa shape index (κ3) is 2.28. The summed E-state index contributed by atoms with van der Waals surface area (Å²) in [5.74, 6) is -0.0114. The zero-order valence-corrected chi connectivity index (χ0v) is 15.3. The second-order valence-electron chi connectivity index (χ2n) is 6.69. The van der Waals surface area contributed by atoms with E-state index in [9.17, 15) is 9.59 Å². The Morgan fingerprint density at radius 2 is 1.11 bits per heavy atom. The first-order chi connectivity index (χ1) is 13.5. The normalized spacial score (nSPS) is 11.5. The van der Waals surface area contributed by atoms with Crippen LogP contribution in [-0.2, 0) is 9.59 Å². The van der Waals surface area contributed by atoms with Crippen LogP contribution in [-0.4, -0.2) is 21.9 Å². The van der Waals surface area contributed by atoms with E-state index in [4.69, 9.17) is 9.47 Å². The van der Waals surface area contributed by atoms with Gasteiger partial charge in [0, 0.05) is 38.5 Å². The summed E-state index contributed by atoms with van der Waals surface area (Å²) in [5.41, 5.74) is 2.95. The van der Waals surface area contributed by atoms with Gasteiger partial charge in [0.1, 0.15) is 0 Å². The molecule has 0 bridgehead atoms. The molecule has 6 nitrogen and oxygen atoms in total. The molecule has 2 N–H and O–H groups in total. The van der Waals surface area contributed by atoms with Crippen LogP contribution in [0.3, 0.4) is 0 Å². The van der Waals surface area contributed by atoms with Crippen LogP contribution in [0.5, 0.6) is 11.5 Å². The van der Waals surface area contributed by atoms with Crippen LogP contribution in [0.2, 0.25) is 0 Å². The lowest BCUT2D eigenvalue weighted by Gasteiger charge is -2.11. The van der Waals surface area contributed by atoms with Crippen molar-refractivity contribution in [2.75, 3.05) is 0 Å². The number of rotatable bonds is 2. The fourth-order valence-electron chi connectivity index (χ4n) is 3.84. The van der Waals surface area contributed by atoms with Crippen molar-refractivity contribution in [1.29, 1.82) is 0 Å². The summed E-state index contributed by atoms with van der Waals surface area (Å²) in [5, 5.41) is 3.15. The third-order valence-corrected chi connectivity index (χ3v) is 4.81. The number of para-hydroxylation sites is 2. The minimum atomic E-state index is -0.424. The van der Waals surface area contributed by atoms with Crippen LogP contribution in [0.1, 0.15) is 16.7 Å². The molecule has 2 heterocycles. The average Bonchev–Trinajstić information content (AvgIpc) is 3.23. The van der Waals surface area contributed by atoms with E-state index in [2.05, 4.69) is 9.97 Å². The summed E-state index contributed by atoms with van der Waals surface area (Å²) in [6.45, 7) is 2.74. The Kier molecular flexibility index (Phi) is 3.42. The van der Waals surface area contributed by atoms with Gasteiger partial charge in [0.05, 0.1) is 21.8 Å². The summed E-state index contributed by atoms with van der Waals surface area (Å²) in [6, 6.07) is 15.4. The van der Waals surface area contributed by atoms with E-state index in [1.807, 2.05) is 48.5 Å². The predicted molar refractivity (Wildman–Crippen MR) is 112 cm³/mol. The van der Waals surface area contributed by atoms with E-state index in [0.29, 0.717) is 33.3 Å². The number of carbonyl (C=O) groups excluding carboxylic acids is 2. The molecule has 0 aliphatic rings. The van der Waals surface area contributed by atoms with Crippen molar-refractivity contribution in [1.82, 2.24) is 9.97 Å². The number of H-pyrrole nitrogens is 2. The average molecular weight is 376 g/mol. The van der Waals surface area contributed by atoms with Crippen molar-refractivity contribution in [2.45, 2.75) is 13.8 Å². The van der Waals surface area contributed by atoms with Crippen molar-refractivity contribution in [2.24, 2.45) is 0 Å². The largest absolute Gasteiger partial charge is 0.424 e. The molecule has 0 fully saturated rings. The van der Waals surface area contributed by atoms with E-state index in [1.165, 1.54) is 13.8 Å². The number of esters is 2. The zero-order chi connectivity index (χ0) is 19.4. The molecule has 6 heteroatoms. The minimum absolute atomic E-state index is 0. The van der Waals surface area contributed by atoms with Crippen molar-refractivity contribution in [3.05, 3.63) is 48.5 Å². The fourth-order valence-corrected chi connectivity index (χ4v) is 3.84. The van der Waals surface area contributed by atoms with Gasteiger partial charge in [0.15, 0.2) is 11.5 Å². The highest BCUT2D eigenvalue weighted by atomic mass is 16.5. The molecule has 3 aromatic carbocycles. The summed E-state index contributed by atoms with van der Waals surface area (Å²) >= 11 is 0. The maximum atomic E-state index is 11.9. The van der Waals surface area contributed by atoms with Gasteiger partial charge in [0.25, 0.3) is 0 Å². The molecule has 5 aromatic rings. The first-order valence-corrected chi connectivity index (χ1v) is 8.88. The Morgan fingerprint density at radius 1 is 0.714 bits per heavy atom. The van der Waals surface area contributed by atoms with E-state index in [-0.39, 0.29) is 2.85 Å².